The van der Waals surface area contributed by atoms with Crippen LogP contribution in [0.1, 0.15) is 5.56 Å². The number of amides is 1. The maximum absolute atomic E-state index is 13.1. The van der Waals surface area contributed by atoms with E-state index in [4.69, 9.17) is 0 Å². The highest BCUT2D eigenvalue weighted by molar-refractivity contribution is 6.02. The molecular weight excluding hydrogens is 447 g/mol. The second kappa shape index (κ2) is 8.14. The third-order valence-corrected chi connectivity index (χ3v) is 5.35. The minimum atomic E-state index is -4.52. The van der Waals surface area contributed by atoms with Crippen molar-refractivity contribution >= 4 is 33.4 Å². The van der Waals surface area contributed by atoms with E-state index >= 15 is 0 Å². The normalized spacial score (nSPS) is 11.7. The molecule has 0 bridgehead atoms. The number of rotatable bonds is 4. The zero-order chi connectivity index (χ0) is 23.9. The third kappa shape index (κ3) is 3.90. The lowest BCUT2D eigenvalue weighted by atomic mass is 10.1. The van der Waals surface area contributed by atoms with Crippen LogP contribution in [0.5, 0.6) is 0 Å². The summed E-state index contributed by atoms with van der Waals surface area (Å²) >= 11 is 0. The van der Waals surface area contributed by atoms with E-state index in [2.05, 4.69) is 15.4 Å². The fourth-order valence-electron chi connectivity index (χ4n) is 3.74. The first-order valence-corrected chi connectivity index (χ1v) is 10.2. The van der Waals surface area contributed by atoms with Gasteiger partial charge in [-0.3, -0.25) is 14.2 Å². The van der Waals surface area contributed by atoms with Crippen LogP contribution in [0.3, 0.4) is 0 Å². The van der Waals surface area contributed by atoms with Crippen LogP contribution in [-0.4, -0.2) is 25.2 Å². The van der Waals surface area contributed by atoms with Crippen molar-refractivity contribution in [3.63, 3.8) is 0 Å². The molecule has 0 saturated carbocycles. The third-order valence-electron chi connectivity index (χ3n) is 5.35. The zero-order valence-corrected chi connectivity index (χ0v) is 17.5. The van der Waals surface area contributed by atoms with Gasteiger partial charge in [-0.2, -0.15) is 18.3 Å². The second-order valence-corrected chi connectivity index (χ2v) is 7.59. The number of hydrogen-bond acceptors (Lipinski definition) is 4. The number of hydrogen-bond donors (Lipinski definition) is 1. The van der Waals surface area contributed by atoms with E-state index in [1.54, 1.807) is 6.07 Å². The maximum Gasteiger partial charge on any atom is 0.416 e. The summed E-state index contributed by atoms with van der Waals surface area (Å²) in [5.74, 6) is -0.426. The van der Waals surface area contributed by atoms with Gasteiger partial charge in [0.05, 0.1) is 17.4 Å². The van der Waals surface area contributed by atoms with Crippen LogP contribution in [0.4, 0.5) is 18.9 Å². The predicted octanol–water partition coefficient (Wildman–Crippen LogP) is 4.39. The monoisotopic (exact) mass is 463 g/mol. The van der Waals surface area contributed by atoms with Crippen LogP contribution in [-0.2, 0) is 17.5 Å². The van der Waals surface area contributed by atoms with Crippen LogP contribution in [0.2, 0.25) is 0 Å². The number of anilines is 1. The number of carbonyl (C=O) groups is 1. The smallest absolute Gasteiger partial charge is 0.324 e. The predicted molar refractivity (Wildman–Crippen MR) is 121 cm³/mol. The first-order chi connectivity index (χ1) is 16.3. The van der Waals surface area contributed by atoms with Crippen LogP contribution < -0.4 is 10.9 Å². The van der Waals surface area contributed by atoms with E-state index in [9.17, 15) is 22.8 Å². The Balaban J connectivity index is 1.43. The molecule has 0 aliphatic rings. The van der Waals surface area contributed by atoms with Gasteiger partial charge in [0.1, 0.15) is 18.3 Å². The highest BCUT2D eigenvalue weighted by Crippen LogP contribution is 2.30. The number of nitrogens with one attached hydrogen (secondary N) is 1. The molecule has 5 aromatic rings. The van der Waals surface area contributed by atoms with E-state index in [-0.39, 0.29) is 23.3 Å². The molecule has 2 aromatic heterocycles. The fourth-order valence-corrected chi connectivity index (χ4v) is 3.74. The summed E-state index contributed by atoms with van der Waals surface area (Å²) in [6.45, 7) is -0.292. The van der Waals surface area contributed by atoms with Crippen molar-refractivity contribution in [1.29, 1.82) is 0 Å². The van der Waals surface area contributed by atoms with Gasteiger partial charge < -0.3 is 5.32 Å². The molecule has 170 valence electrons. The Morgan fingerprint density at radius 3 is 2.56 bits per heavy atom. The molecule has 0 aliphatic heterocycles. The molecule has 0 aliphatic carbocycles. The number of alkyl halides is 3. The van der Waals surface area contributed by atoms with E-state index < -0.39 is 23.2 Å². The average molecular weight is 463 g/mol. The Kier molecular flexibility index (Phi) is 5.12. The maximum atomic E-state index is 13.1. The molecule has 2 heterocycles. The van der Waals surface area contributed by atoms with Crippen LogP contribution in [0.15, 0.2) is 84.0 Å². The summed E-state index contributed by atoms with van der Waals surface area (Å²) in [5.41, 5.74) is -0.552. The van der Waals surface area contributed by atoms with Crippen LogP contribution in [0, 0.1) is 0 Å². The molecule has 0 atom stereocenters. The van der Waals surface area contributed by atoms with Gasteiger partial charge >= 0.3 is 6.18 Å². The molecule has 0 spiro atoms. The van der Waals surface area contributed by atoms with Gasteiger partial charge in [0.15, 0.2) is 5.65 Å². The summed E-state index contributed by atoms with van der Waals surface area (Å²) in [4.78, 5) is 29.7. The highest BCUT2D eigenvalue weighted by atomic mass is 19.4. The van der Waals surface area contributed by atoms with Crippen molar-refractivity contribution in [1.82, 2.24) is 19.3 Å². The molecule has 1 amide bonds. The number of nitrogens with zero attached hydrogens (tertiary/aromatic N) is 4. The Morgan fingerprint density at radius 1 is 0.971 bits per heavy atom. The van der Waals surface area contributed by atoms with Gasteiger partial charge in [-0.1, -0.05) is 42.5 Å². The molecular formula is C24H16F3N5O2. The first-order valence-electron chi connectivity index (χ1n) is 10.2. The second-order valence-electron chi connectivity index (χ2n) is 7.59. The summed E-state index contributed by atoms with van der Waals surface area (Å²) in [7, 11) is 0. The summed E-state index contributed by atoms with van der Waals surface area (Å²) in [6, 6.07) is 17.6. The van der Waals surface area contributed by atoms with Gasteiger partial charge in [0, 0.05) is 11.1 Å². The molecule has 0 saturated heterocycles. The molecule has 1 N–H and O–H groups in total. The Morgan fingerprint density at radius 2 is 1.74 bits per heavy atom. The Bertz CT molecular complexity index is 1600. The molecule has 3 aromatic carbocycles. The van der Waals surface area contributed by atoms with E-state index in [0.717, 1.165) is 32.2 Å². The molecule has 5 rings (SSSR count). The standard InChI is InChI=1S/C24H16F3N5O2/c25-24(26,27)16-7-4-8-17(11-16)32-22-19(12-29-32)23(34)31(14-28-22)13-21(33)30-20-10-3-6-15-5-1-2-9-18(15)20/h1-12,14H,13H2,(H,30,33). The lowest BCUT2D eigenvalue weighted by Gasteiger charge is -2.10. The molecule has 0 unspecified atom stereocenters. The summed E-state index contributed by atoms with van der Waals surface area (Å²) in [6.07, 6.45) is -2.11. The lowest BCUT2D eigenvalue weighted by Crippen LogP contribution is -2.27. The average Bonchev–Trinajstić information content (AvgIpc) is 3.26. The van der Waals surface area contributed by atoms with E-state index in [1.807, 2.05) is 36.4 Å². The fraction of sp³-hybridized carbons (Fsp3) is 0.0833. The number of fused-ring (bicyclic) bond motifs is 2. The van der Waals surface area contributed by atoms with Crippen molar-refractivity contribution in [2.45, 2.75) is 12.7 Å². The van der Waals surface area contributed by atoms with Gasteiger partial charge in [-0.15, -0.1) is 0 Å². The zero-order valence-electron chi connectivity index (χ0n) is 17.5. The van der Waals surface area contributed by atoms with Gasteiger partial charge in [-0.25, -0.2) is 9.67 Å². The van der Waals surface area contributed by atoms with Crippen molar-refractivity contribution in [2.24, 2.45) is 0 Å². The van der Waals surface area contributed by atoms with Gasteiger partial charge in [0.2, 0.25) is 5.91 Å². The van der Waals surface area contributed by atoms with Crippen molar-refractivity contribution in [3.8, 4) is 5.69 Å². The minimum Gasteiger partial charge on any atom is -0.324 e. The minimum absolute atomic E-state index is 0.0814. The van der Waals surface area contributed by atoms with Crippen molar-refractivity contribution in [2.75, 3.05) is 5.32 Å². The number of aromatic nitrogens is 4. The molecule has 10 heteroatoms. The highest BCUT2D eigenvalue weighted by Gasteiger charge is 2.30. The van der Waals surface area contributed by atoms with Crippen LogP contribution >= 0.6 is 0 Å². The quantitative estimate of drug-likeness (QED) is 0.429. The molecule has 7 nitrogen and oxygen atoms in total. The SMILES string of the molecule is O=C(Cn1cnc2c(cnn2-c2cccc(C(F)(F)F)c2)c1=O)Nc1cccc2ccccc12. The summed E-state index contributed by atoms with van der Waals surface area (Å²) in [5, 5.41) is 8.76. The van der Waals surface area contributed by atoms with Crippen LogP contribution in [0.25, 0.3) is 27.5 Å². The van der Waals surface area contributed by atoms with E-state index in [0.29, 0.717) is 5.69 Å². The Labute approximate surface area is 190 Å². The van der Waals surface area contributed by atoms with Crippen molar-refractivity contribution < 1.29 is 18.0 Å². The molecule has 0 fully saturated rings. The van der Waals surface area contributed by atoms with Crippen molar-refractivity contribution in [3.05, 3.63) is 95.2 Å². The molecule has 0 radical (unpaired) electrons. The first kappa shape index (κ1) is 21.4. The van der Waals surface area contributed by atoms with Gasteiger partial charge in [0.25, 0.3) is 5.56 Å². The largest absolute Gasteiger partial charge is 0.416 e. The van der Waals surface area contributed by atoms with Gasteiger partial charge in [-0.05, 0) is 29.7 Å². The number of halogens is 3. The summed E-state index contributed by atoms with van der Waals surface area (Å²) < 4.78 is 41.5. The number of benzene rings is 3. The Hall–Kier alpha value is -4.47. The van der Waals surface area contributed by atoms with E-state index in [1.165, 1.54) is 24.7 Å². The number of carbonyl (C=O) groups excluding carboxylic acids is 1. The molecule has 34 heavy (non-hydrogen) atoms. The lowest BCUT2D eigenvalue weighted by molar-refractivity contribution is -0.137. The topological polar surface area (TPSA) is 81.8 Å².